The highest BCUT2D eigenvalue weighted by molar-refractivity contribution is 9.10. The predicted molar refractivity (Wildman–Crippen MR) is 97.3 cm³/mol. The van der Waals surface area contributed by atoms with Gasteiger partial charge in [0.2, 0.25) is 10.0 Å². The fraction of sp³-hybridized carbons (Fsp3) is 0.294. The van der Waals surface area contributed by atoms with Gasteiger partial charge in [-0.3, -0.25) is 0 Å². The average Bonchev–Trinajstić information content (AvgIpc) is 2.97. The van der Waals surface area contributed by atoms with Crippen molar-refractivity contribution < 1.29 is 13.5 Å². The van der Waals surface area contributed by atoms with Crippen LogP contribution < -0.4 is 9.62 Å². The molecule has 24 heavy (non-hydrogen) atoms. The number of halogens is 1. The third kappa shape index (κ3) is 3.49. The molecule has 1 atom stereocenters. The molecular formula is C17H19BrN2O3S. The smallest absolute Gasteiger partial charge is 0.242 e. The topological polar surface area (TPSA) is 69.6 Å². The number of hydrogen-bond donors (Lipinski definition) is 2. The molecule has 0 radical (unpaired) electrons. The van der Waals surface area contributed by atoms with Crippen molar-refractivity contribution in [1.29, 1.82) is 0 Å². The third-order valence-corrected chi connectivity index (χ3v) is 5.95. The Kier molecular flexibility index (Phi) is 4.96. The van der Waals surface area contributed by atoms with Crippen molar-refractivity contribution in [2.45, 2.75) is 31.0 Å². The van der Waals surface area contributed by atoms with Crippen LogP contribution >= 0.6 is 15.9 Å². The molecule has 0 saturated heterocycles. The molecule has 2 N–H and O–H groups in total. The molecule has 1 aliphatic rings. The summed E-state index contributed by atoms with van der Waals surface area (Å²) in [5, 5.41) is 9.97. The number of nitrogens with one attached hydrogen (secondary N) is 1. The molecule has 3 rings (SSSR count). The number of hydrogen-bond acceptors (Lipinski definition) is 4. The van der Waals surface area contributed by atoms with E-state index in [4.69, 9.17) is 0 Å². The van der Waals surface area contributed by atoms with Crippen LogP contribution in [-0.2, 0) is 23.0 Å². The normalized spacial score (nSPS) is 15.4. The fourth-order valence-corrected chi connectivity index (χ4v) is 4.88. The van der Waals surface area contributed by atoms with E-state index in [2.05, 4.69) is 20.7 Å². The van der Waals surface area contributed by atoms with Gasteiger partial charge >= 0.3 is 0 Å². The maximum atomic E-state index is 12.8. The van der Waals surface area contributed by atoms with Crippen LogP contribution in [-0.4, -0.2) is 26.3 Å². The highest BCUT2D eigenvalue weighted by atomic mass is 79.9. The summed E-state index contributed by atoms with van der Waals surface area (Å²) in [6.07, 6.45) is -0.0311. The fourth-order valence-electron chi connectivity index (χ4n) is 2.93. The Labute approximate surface area is 150 Å². The van der Waals surface area contributed by atoms with Gasteiger partial charge in [0.05, 0.1) is 5.69 Å². The second kappa shape index (κ2) is 6.84. The number of aliphatic hydroxyl groups excluding tert-OH is 1. The summed E-state index contributed by atoms with van der Waals surface area (Å²) in [5.41, 5.74) is 2.40. The molecule has 0 aliphatic carbocycles. The number of fused-ring (bicyclic) bond motifs is 1. The maximum absolute atomic E-state index is 12.8. The second-order valence-corrected chi connectivity index (χ2v) is 8.45. The largest absolute Gasteiger partial charge is 0.374 e. The minimum absolute atomic E-state index is 0.196. The van der Waals surface area contributed by atoms with E-state index < -0.39 is 16.3 Å². The van der Waals surface area contributed by atoms with Gasteiger partial charge < -0.3 is 10.0 Å². The third-order valence-electron chi connectivity index (χ3n) is 4.08. The van der Waals surface area contributed by atoms with Gasteiger partial charge in [0, 0.05) is 17.6 Å². The molecule has 0 fully saturated rings. The Hall–Kier alpha value is -1.41. The van der Waals surface area contributed by atoms with Gasteiger partial charge in [-0.05, 0) is 36.6 Å². The highest BCUT2D eigenvalue weighted by Crippen LogP contribution is 2.38. The van der Waals surface area contributed by atoms with Crippen molar-refractivity contribution in [3.63, 3.8) is 0 Å². The molecule has 2 aromatic rings. The van der Waals surface area contributed by atoms with E-state index in [1.165, 1.54) is 0 Å². The lowest BCUT2D eigenvalue weighted by Crippen LogP contribution is -2.33. The van der Waals surface area contributed by atoms with Gasteiger partial charge in [-0.15, -0.1) is 0 Å². The average molecular weight is 411 g/mol. The Morgan fingerprint density at radius 2 is 2.00 bits per heavy atom. The van der Waals surface area contributed by atoms with Crippen molar-refractivity contribution in [2.75, 3.05) is 11.4 Å². The number of anilines is 1. The van der Waals surface area contributed by atoms with E-state index in [-0.39, 0.29) is 11.4 Å². The molecule has 1 heterocycles. The first-order valence-corrected chi connectivity index (χ1v) is 9.97. The number of rotatable bonds is 5. The molecule has 1 aliphatic heterocycles. The van der Waals surface area contributed by atoms with E-state index in [9.17, 15) is 13.5 Å². The van der Waals surface area contributed by atoms with Crippen LogP contribution in [0.4, 0.5) is 5.69 Å². The lowest BCUT2D eigenvalue weighted by molar-refractivity contribution is 0.190. The number of benzene rings is 2. The molecule has 5 nitrogen and oxygen atoms in total. The van der Waals surface area contributed by atoms with Crippen molar-refractivity contribution in [3.05, 3.63) is 58.1 Å². The first-order valence-electron chi connectivity index (χ1n) is 7.69. The highest BCUT2D eigenvalue weighted by Gasteiger charge is 2.31. The lowest BCUT2D eigenvalue weighted by atomic mass is 10.2. The van der Waals surface area contributed by atoms with Crippen LogP contribution in [0.5, 0.6) is 0 Å². The summed E-state index contributed by atoms with van der Waals surface area (Å²) in [6.45, 7) is 2.47. The molecule has 0 amide bonds. The van der Waals surface area contributed by atoms with Gasteiger partial charge in [-0.25, -0.2) is 13.1 Å². The number of nitrogens with zero attached hydrogens (tertiary/aromatic N) is 1. The van der Waals surface area contributed by atoms with E-state index in [0.29, 0.717) is 23.1 Å². The zero-order valence-electron chi connectivity index (χ0n) is 13.2. The van der Waals surface area contributed by atoms with Crippen LogP contribution in [0, 0.1) is 0 Å². The standard InChI is InChI=1S/C17H19BrN2O3S/c1-12(21)20-8-7-14-9-15(18)10-16(17(14)20)24(22,23)19-11-13-5-3-2-4-6-13/h2-6,9-10,12,19,21H,7-8,11H2,1H3. The summed E-state index contributed by atoms with van der Waals surface area (Å²) in [5.74, 6) is 0. The van der Waals surface area contributed by atoms with Crippen molar-refractivity contribution >= 4 is 31.6 Å². The van der Waals surface area contributed by atoms with Crippen molar-refractivity contribution in [1.82, 2.24) is 4.72 Å². The number of sulfonamides is 1. The van der Waals surface area contributed by atoms with Crippen LogP contribution in [0.3, 0.4) is 0 Å². The molecule has 128 valence electrons. The Morgan fingerprint density at radius 3 is 2.67 bits per heavy atom. The molecule has 7 heteroatoms. The molecular weight excluding hydrogens is 392 g/mol. The van der Waals surface area contributed by atoms with Gasteiger partial charge in [0.15, 0.2) is 0 Å². The number of aliphatic hydroxyl groups is 1. The molecule has 2 aromatic carbocycles. The first-order chi connectivity index (χ1) is 11.4. The van der Waals surface area contributed by atoms with Crippen molar-refractivity contribution in [3.8, 4) is 0 Å². The molecule has 0 saturated carbocycles. The van der Waals surface area contributed by atoms with Gasteiger partial charge in [0.25, 0.3) is 0 Å². The van der Waals surface area contributed by atoms with Crippen molar-refractivity contribution in [2.24, 2.45) is 0 Å². The van der Waals surface area contributed by atoms with E-state index in [0.717, 1.165) is 11.1 Å². The summed E-state index contributed by atoms with van der Waals surface area (Å²) >= 11 is 3.39. The van der Waals surface area contributed by atoms with Gasteiger partial charge in [0.1, 0.15) is 11.1 Å². The quantitative estimate of drug-likeness (QED) is 0.794. The minimum atomic E-state index is -3.71. The van der Waals surface area contributed by atoms with Crippen LogP contribution in [0.2, 0.25) is 0 Å². The summed E-state index contributed by atoms with van der Waals surface area (Å²) in [6, 6.07) is 12.9. The predicted octanol–water partition coefficient (Wildman–Crippen LogP) is 2.63. The van der Waals surface area contributed by atoms with E-state index in [1.807, 2.05) is 36.4 Å². The molecule has 0 bridgehead atoms. The summed E-state index contributed by atoms with van der Waals surface area (Å²) < 4.78 is 29.1. The van der Waals surface area contributed by atoms with E-state index in [1.54, 1.807) is 17.9 Å². The second-order valence-electron chi connectivity index (χ2n) is 5.80. The SMILES string of the molecule is CC(O)N1CCc2cc(Br)cc(S(=O)(=O)NCc3ccccc3)c21. The van der Waals surface area contributed by atoms with Crippen LogP contribution in [0.1, 0.15) is 18.1 Å². The monoisotopic (exact) mass is 410 g/mol. The van der Waals surface area contributed by atoms with Crippen LogP contribution in [0.15, 0.2) is 51.8 Å². The van der Waals surface area contributed by atoms with Gasteiger partial charge in [-0.2, -0.15) is 0 Å². The molecule has 0 aromatic heterocycles. The Balaban J connectivity index is 1.96. The zero-order chi connectivity index (χ0) is 17.3. The minimum Gasteiger partial charge on any atom is -0.374 e. The van der Waals surface area contributed by atoms with E-state index >= 15 is 0 Å². The van der Waals surface area contributed by atoms with Crippen LogP contribution in [0.25, 0.3) is 0 Å². The molecule has 0 spiro atoms. The first kappa shape index (κ1) is 17.4. The maximum Gasteiger partial charge on any atom is 0.242 e. The summed E-state index contributed by atoms with van der Waals surface area (Å²) in [4.78, 5) is 1.92. The zero-order valence-corrected chi connectivity index (χ0v) is 15.6. The molecule has 1 unspecified atom stereocenters. The Bertz CT molecular complexity index is 838. The van der Waals surface area contributed by atoms with Gasteiger partial charge in [-0.1, -0.05) is 46.3 Å². The lowest BCUT2D eigenvalue weighted by Gasteiger charge is -2.25. The summed E-state index contributed by atoms with van der Waals surface area (Å²) in [7, 11) is -3.71. The Morgan fingerprint density at radius 1 is 1.29 bits per heavy atom.